The number of carbonyl (C=O) groups is 3. The summed E-state index contributed by atoms with van der Waals surface area (Å²) in [5, 5.41) is 34.6. The number of hydrogen-bond acceptors (Lipinski definition) is 4. The van der Waals surface area contributed by atoms with E-state index in [2.05, 4.69) is 0 Å². The van der Waals surface area contributed by atoms with E-state index in [-0.39, 0.29) is 42.6 Å². The van der Waals surface area contributed by atoms with Crippen LogP contribution in [0.4, 0.5) is 4.79 Å². The van der Waals surface area contributed by atoms with Crippen molar-refractivity contribution in [2.75, 3.05) is 0 Å². The molecule has 4 aromatic rings. The van der Waals surface area contributed by atoms with Gasteiger partial charge in [-0.2, -0.15) is 0 Å². The van der Waals surface area contributed by atoms with E-state index < -0.39 is 41.1 Å². The van der Waals surface area contributed by atoms with Crippen molar-refractivity contribution in [3.05, 3.63) is 144 Å². The zero-order valence-corrected chi connectivity index (χ0v) is 23.1. The van der Waals surface area contributed by atoms with Crippen LogP contribution in [0.5, 0.6) is 0 Å². The molecule has 9 heteroatoms. The molecule has 1 aliphatic rings. The van der Waals surface area contributed by atoms with Crippen LogP contribution >= 0.6 is 0 Å². The van der Waals surface area contributed by atoms with Gasteiger partial charge >= 0.3 is 47.5 Å². The molecule has 1 saturated heterocycles. The van der Waals surface area contributed by atoms with E-state index in [4.69, 9.17) is 0 Å². The quantitative estimate of drug-likeness (QED) is 0.238. The molecule has 0 unspecified atom stereocenters. The number of urea groups is 1. The van der Waals surface area contributed by atoms with Crippen molar-refractivity contribution >= 4 is 47.5 Å². The molecule has 4 aromatic carbocycles. The SMILES string of the molecule is C[C@H](C(O)(c1ccccc1)c1ccccc1)[C@]1(C(=O)O)[C@@H](C(=O)O)N(Cc2ccccc2)C(=O)N1Cc1ccccc1.[NaH]. The van der Waals surface area contributed by atoms with Crippen molar-refractivity contribution in [2.45, 2.75) is 37.2 Å². The Morgan fingerprint density at radius 2 is 1.14 bits per heavy atom. The molecule has 2 amide bonds. The molecule has 1 fully saturated rings. The predicted octanol–water partition coefficient (Wildman–Crippen LogP) is 4.32. The van der Waals surface area contributed by atoms with Gasteiger partial charge in [0.1, 0.15) is 5.60 Å². The molecule has 0 radical (unpaired) electrons. The van der Waals surface area contributed by atoms with Crippen molar-refractivity contribution in [3.8, 4) is 0 Å². The van der Waals surface area contributed by atoms with Gasteiger partial charge in [-0.15, -0.1) is 0 Å². The molecule has 1 aliphatic heterocycles. The first-order valence-corrected chi connectivity index (χ1v) is 13.7. The molecule has 0 bridgehead atoms. The molecule has 0 aromatic heterocycles. The summed E-state index contributed by atoms with van der Waals surface area (Å²) >= 11 is 0. The van der Waals surface area contributed by atoms with Crippen molar-refractivity contribution in [1.29, 1.82) is 0 Å². The van der Waals surface area contributed by atoms with E-state index in [0.29, 0.717) is 22.3 Å². The maximum atomic E-state index is 14.3. The molecule has 43 heavy (non-hydrogen) atoms. The first-order chi connectivity index (χ1) is 20.2. The van der Waals surface area contributed by atoms with Gasteiger partial charge in [-0.05, 0) is 22.3 Å². The zero-order valence-electron chi connectivity index (χ0n) is 23.1. The van der Waals surface area contributed by atoms with E-state index >= 15 is 0 Å². The van der Waals surface area contributed by atoms with Crippen molar-refractivity contribution in [2.24, 2.45) is 5.92 Å². The van der Waals surface area contributed by atoms with Crippen LogP contribution in [0.25, 0.3) is 0 Å². The van der Waals surface area contributed by atoms with Gasteiger partial charge in [-0.25, -0.2) is 14.4 Å². The van der Waals surface area contributed by atoms with Crippen LogP contribution < -0.4 is 0 Å². The van der Waals surface area contributed by atoms with Crippen molar-refractivity contribution in [1.82, 2.24) is 9.80 Å². The summed E-state index contributed by atoms with van der Waals surface area (Å²) in [5.41, 5.74) is -2.37. The second kappa shape index (κ2) is 13.1. The molecule has 216 valence electrons. The monoisotopic (exact) mass is 588 g/mol. The standard InChI is InChI=1S/C34H32N2O6.Na.H/c1-24(34(42,27-18-10-4-11-19-27)28-20-12-5-13-21-28)33(31(39)40)29(30(37)38)35(22-25-14-6-2-7-15-25)32(41)36(33)23-26-16-8-3-9-17-26;;/h2-21,24,29,42H,22-23H2,1H3,(H,37,38)(H,39,40);;/t24-,29+,33+;;/m0../s1. The second-order valence-corrected chi connectivity index (χ2v) is 10.6. The molecule has 8 nitrogen and oxygen atoms in total. The minimum atomic E-state index is -2.39. The van der Waals surface area contributed by atoms with E-state index in [1.54, 1.807) is 121 Å². The Bertz CT molecular complexity index is 1520. The number of hydrogen-bond donors (Lipinski definition) is 3. The van der Waals surface area contributed by atoms with Gasteiger partial charge in [0, 0.05) is 19.0 Å². The van der Waals surface area contributed by atoms with Gasteiger partial charge in [0.15, 0.2) is 11.6 Å². The number of benzene rings is 4. The van der Waals surface area contributed by atoms with Crippen molar-refractivity contribution in [3.63, 3.8) is 0 Å². The van der Waals surface area contributed by atoms with Gasteiger partial charge in [0.25, 0.3) is 0 Å². The Hall–Kier alpha value is -3.95. The normalized spacial score (nSPS) is 19.0. The molecular formula is C34H33N2NaO6. The molecule has 0 aliphatic carbocycles. The topological polar surface area (TPSA) is 118 Å². The number of aliphatic hydroxyl groups is 1. The zero-order chi connectivity index (χ0) is 29.9. The Morgan fingerprint density at radius 3 is 1.53 bits per heavy atom. The van der Waals surface area contributed by atoms with Crippen molar-refractivity contribution < 1.29 is 29.7 Å². The molecule has 5 rings (SSSR count). The third kappa shape index (κ3) is 5.59. The summed E-state index contributed by atoms with van der Waals surface area (Å²) in [4.78, 5) is 43.5. The minimum absolute atomic E-state index is 0. The summed E-state index contributed by atoms with van der Waals surface area (Å²) < 4.78 is 0. The number of rotatable bonds is 10. The fourth-order valence-electron chi connectivity index (χ4n) is 6.29. The summed E-state index contributed by atoms with van der Waals surface area (Å²) in [6.07, 6.45) is 0. The predicted molar refractivity (Wildman–Crippen MR) is 163 cm³/mol. The first-order valence-electron chi connectivity index (χ1n) is 13.7. The Morgan fingerprint density at radius 1 is 0.744 bits per heavy atom. The summed E-state index contributed by atoms with van der Waals surface area (Å²) in [5.74, 6) is -4.35. The average Bonchev–Trinajstić information content (AvgIpc) is 3.26. The Labute approximate surface area is 272 Å². The summed E-state index contributed by atoms with van der Waals surface area (Å²) in [7, 11) is 0. The van der Waals surface area contributed by atoms with Crippen LogP contribution in [0.1, 0.15) is 29.2 Å². The van der Waals surface area contributed by atoms with E-state index in [0.717, 1.165) is 9.80 Å². The van der Waals surface area contributed by atoms with Crippen LogP contribution in [0.3, 0.4) is 0 Å². The Balaban J connectivity index is 0.00000423. The molecular weight excluding hydrogens is 555 g/mol. The maximum absolute atomic E-state index is 14.3. The third-order valence-electron chi connectivity index (χ3n) is 8.32. The number of carboxylic acid groups (broad SMARTS) is 2. The number of carboxylic acids is 2. The van der Waals surface area contributed by atoms with Crippen LogP contribution in [0, 0.1) is 5.92 Å². The number of carbonyl (C=O) groups excluding carboxylic acids is 1. The average molecular weight is 589 g/mol. The number of amides is 2. The molecule has 3 N–H and O–H groups in total. The van der Waals surface area contributed by atoms with E-state index in [1.807, 2.05) is 0 Å². The van der Waals surface area contributed by atoms with E-state index in [1.165, 1.54) is 6.92 Å². The number of nitrogens with zero attached hydrogens (tertiary/aromatic N) is 2. The van der Waals surface area contributed by atoms with Gasteiger partial charge in [-0.1, -0.05) is 128 Å². The molecule has 3 atom stereocenters. The van der Waals surface area contributed by atoms with Crippen LogP contribution in [-0.4, -0.2) is 84.2 Å². The molecule has 0 spiro atoms. The van der Waals surface area contributed by atoms with Gasteiger partial charge in [0.05, 0.1) is 0 Å². The van der Waals surface area contributed by atoms with Crippen LogP contribution in [0.2, 0.25) is 0 Å². The fourth-order valence-corrected chi connectivity index (χ4v) is 6.29. The second-order valence-electron chi connectivity index (χ2n) is 10.6. The fraction of sp³-hybridized carbons (Fsp3) is 0.206. The first kappa shape index (κ1) is 32.0. The van der Waals surface area contributed by atoms with Gasteiger partial charge in [0.2, 0.25) is 0 Å². The summed E-state index contributed by atoms with van der Waals surface area (Å²) in [6, 6.07) is 32.2. The van der Waals surface area contributed by atoms with E-state index in [9.17, 15) is 29.7 Å². The van der Waals surface area contributed by atoms with Crippen LogP contribution in [-0.2, 0) is 28.3 Å². The summed E-state index contributed by atoms with van der Waals surface area (Å²) in [6.45, 7) is 1.21. The Kier molecular flexibility index (Phi) is 9.77. The molecule has 1 heterocycles. The van der Waals surface area contributed by atoms with Crippen LogP contribution in [0.15, 0.2) is 121 Å². The number of aliphatic carboxylic acids is 2. The van der Waals surface area contributed by atoms with Gasteiger partial charge < -0.3 is 25.1 Å². The third-order valence-corrected chi connectivity index (χ3v) is 8.32. The van der Waals surface area contributed by atoms with Gasteiger partial charge in [-0.3, -0.25) is 0 Å². The molecule has 0 saturated carbocycles.